The van der Waals surface area contributed by atoms with Crippen LogP contribution in [0.15, 0.2) is 29.6 Å². The van der Waals surface area contributed by atoms with Gasteiger partial charge in [0.1, 0.15) is 0 Å². The lowest BCUT2D eigenvalue weighted by Gasteiger charge is -2.12. The summed E-state index contributed by atoms with van der Waals surface area (Å²) in [6.07, 6.45) is 1.27. The molecular weight excluding hydrogens is 232 g/mol. The van der Waals surface area contributed by atoms with Gasteiger partial charge < -0.3 is 9.84 Å². The predicted octanol–water partition coefficient (Wildman–Crippen LogP) is 3.75. The van der Waals surface area contributed by atoms with E-state index in [0.717, 1.165) is 18.6 Å². The van der Waals surface area contributed by atoms with E-state index in [9.17, 15) is 5.11 Å². The van der Waals surface area contributed by atoms with E-state index in [-0.39, 0.29) is 0 Å². The van der Waals surface area contributed by atoms with Crippen LogP contribution in [-0.4, -0.2) is 18.3 Å². The summed E-state index contributed by atoms with van der Waals surface area (Å²) in [6.45, 7) is 3.48. The molecule has 1 N–H and O–H groups in total. The van der Waals surface area contributed by atoms with Crippen molar-refractivity contribution in [1.29, 1.82) is 0 Å². The molecule has 2 nitrogen and oxygen atoms in total. The lowest BCUT2D eigenvalue weighted by molar-refractivity contribution is 0.0828. The number of fused-ring (bicyclic) bond motifs is 1. The maximum absolute atomic E-state index is 10.2. The summed E-state index contributed by atoms with van der Waals surface area (Å²) in [4.78, 5) is 0. The summed E-state index contributed by atoms with van der Waals surface area (Å²) in [6, 6.07) is 8.17. The van der Waals surface area contributed by atoms with E-state index >= 15 is 0 Å². The molecule has 3 heteroatoms. The van der Waals surface area contributed by atoms with Gasteiger partial charge in [-0.05, 0) is 28.8 Å². The van der Waals surface area contributed by atoms with Gasteiger partial charge in [0.05, 0.1) is 6.10 Å². The average molecular weight is 250 g/mol. The largest absolute Gasteiger partial charge is 0.388 e. The molecular formula is C14H18O2S. The van der Waals surface area contributed by atoms with Crippen LogP contribution in [0.25, 0.3) is 10.1 Å². The molecule has 0 saturated heterocycles. The second kappa shape index (κ2) is 6.15. The molecule has 0 saturated carbocycles. The second-order valence-electron chi connectivity index (χ2n) is 4.10. The van der Waals surface area contributed by atoms with Crippen molar-refractivity contribution in [3.63, 3.8) is 0 Å². The zero-order chi connectivity index (χ0) is 12.1. The SMILES string of the molecule is CCCOCCC(O)c1cccc2ccsc12. The van der Waals surface area contributed by atoms with Crippen LogP contribution in [0.2, 0.25) is 0 Å². The Labute approximate surface area is 106 Å². The van der Waals surface area contributed by atoms with Crippen molar-refractivity contribution in [1.82, 2.24) is 0 Å². The monoisotopic (exact) mass is 250 g/mol. The molecule has 17 heavy (non-hydrogen) atoms. The highest BCUT2D eigenvalue weighted by Crippen LogP contribution is 2.30. The van der Waals surface area contributed by atoms with Crippen LogP contribution in [0, 0.1) is 0 Å². The molecule has 92 valence electrons. The van der Waals surface area contributed by atoms with Crippen LogP contribution >= 0.6 is 11.3 Å². The highest BCUT2D eigenvalue weighted by Gasteiger charge is 2.11. The number of hydrogen-bond acceptors (Lipinski definition) is 3. The molecule has 0 radical (unpaired) electrons. The summed E-state index contributed by atoms with van der Waals surface area (Å²) in [5.41, 5.74) is 1.03. The number of benzene rings is 1. The van der Waals surface area contributed by atoms with Crippen molar-refractivity contribution < 1.29 is 9.84 Å². The molecule has 2 rings (SSSR count). The van der Waals surface area contributed by atoms with Gasteiger partial charge in [-0.15, -0.1) is 11.3 Å². The first-order chi connectivity index (χ1) is 8.33. The molecule has 1 aromatic heterocycles. The number of aliphatic hydroxyl groups is 1. The second-order valence-corrected chi connectivity index (χ2v) is 5.02. The molecule has 2 aromatic rings. The molecule has 1 atom stereocenters. The first-order valence-electron chi connectivity index (χ1n) is 6.05. The third-order valence-corrected chi connectivity index (χ3v) is 3.73. The Kier molecular flexibility index (Phi) is 4.54. The van der Waals surface area contributed by atoms with Crippen molar-refractivity contribution in [3.8, 4) is 0 Å². The van der Waals surface area contributed by atoms with Gasteiger partial charge >= 0.3 is 0 Å². The van der Waals surface area contributed by atoms with Gasteiger partial charge in [0.2, 0.25) is 0 Å². The Bertz CT molecular complexity index is 464. The molecule has 0 bridgehead atoms. The molecule has 0 amide bonds. The first kappa shape index (κ1) is 12.6. The highest BCUT2D eigenvalue weighted by molar-refractivity contribution is 7.17. The van der Waals surface area contributed by atoms with Crippen molar-refractivity contribution in [2.75, 3.05) is 13.2 Å². The third-order valence-electron chi connectivity index (χ3n) is 2.75. The quantitative estimate of drug-likeness (QED) is 0.791. The molecule has 0 aliphatic carbocycles. The molecule has 1 unspecified atom stereocenters. The molecule has 0 aliphatic heterocycles. The van der Waals surface area contributed by atoms with E-state index in [1.165, 1.54) is 10.1 Å². The Balaban J connectivity index is 2.03. The van der Waals surface area contributed by atoms with Crippen LogP contribution in [0.1, 0.15) is 31.4 Å². The summed E-state index contributed by atoms with van der Waals surface area (Å²) in [5, 5.41) is 13.4. The molecule has 0 spiro atoms. The first-order valence-corrected chi connectivity index (χ1v) is 6.93. The lowest BCUT2D eigenvalue weighted by Crippen LogP contribution is -2.04. The Morgan fingerprint density at radius 1 is 1.29 bits per heavy atom. The minimum Gasteiger partial charge on any atom is -0.388 e. The zero-order valence-corrected chi connectivity index (χ0v) is 10.9. The van der Waals surface area contributed by atoms with Gasteiger partial charge in [-0.25, -0.2) is 0 Å². The molecule has 0 aliphatic rings. The topological polar surface area (TPSA) is 29.5 Å². The lowest BCUT2D eigenvalue weighted by atomic mass is 10.1. The minimum absolute atomic E-state index is 0.422. The predicted molar refractivity (Wildman–Crippen MR) is 72.5 cm³/mol. The van der Waals surface area contributed by atoms with E-state index in [0.29, 0.717) is 13.0 Å². The van der Waals surface area contributed by atoms with Gasteiger partial charge in [0.25, 0.3) is 0 Å². The Hall–Kier alpha value is -0.900. The fourth-order valence-corrected chi connectivity index (χ4v) is 2.84. The number of rotatable bonds is 6. The number of hydrogen-bond donors (Lipinski definition) is 1. The smallest absolute Gasteiger partial charge is 0.0825 e. The van der Waals surface area contributed by atoms with E-state index in [1.54, 1.807) is 11.3 Å². The van der Waals surface area contributed by atoms with Crippen LogP contribution in [0.4, 0.5) is 0 Å². The normalized spacial score (nSPS) is 13.1. The van der Waals surface area contributed by atoms with Gasteiger partial charge in [-0.3, -0.25) is 0 Å². The van der Waals surface area contributed by atoms with Gasteiger partial charge in [-0.2, -0.15) is 0 Å². The van der Waals surface area contributed by atoms with Gasteiger partial charge in [0.15, 0.2) is 0 Å². The van der Waals surface area contributed by atoms with Crippen LogP contribution in [-0.2, 0) is 4.74 Å². The number of aliphatic hydroxyl groups excluding tert-OH is 1. The third kappa shape index (κ3) is 3.06. The fraction of sp³-hybridized carbons (Fsp3) is 0.429. The average Bonchev–Trinajstić information content (AvgIpc) is 2.82. The summed E-state index contributed by atoms with van der Waals surface area (Å²) in [7, 11) is 0. The Morgan fingerprint density at radius 3 is 3.00 bits per heavy atom. The van der Waals surface area contributed by atoms with Crippen molar-refractivity contribution in [2.45, 2.75) is 25.9 Å². The highest BCUT2D eigenvalue weighted by atomic mass is 32.1. The summed E-state index contributed by atoms with van der Waals surface area (Å²) in [5.74, 6) is 0. The van der Waals surface area contributed by atoms with E-state index in [4.69, 9.17) is 4.74 Å². The van der Waals surface area contributed by atoms with Crippen molar-refractivity contribution in [3.05, 3.63) is 35.2 Å². The van der Waals surface area contributed by atoms with E-state index in [1.807, 2.05) is 12.1 Å². The summed E-state index contributed by atoms with van der Waals surface area (Å²) >= 11 is 1.69. The maximum Gasteiger partial charge on any atom is 0.0825 e. The van der Waals surface area contributed by atoms with Gasteiger partial charge in [-0.1, -0.05) is 25.1 Å². The zero-order valence-electron chi connectivity index (χ0n) is 10.1. The van der Waals surface area contributed by atoms with Crippen molar-refractivity contribution >= 4 is 21.4 Å². The van der Waals surface area contributed by atoms with Crippen LogP contribution < -0.4 is 0 Å². The number of ether oxygens (including phenoxy) is 1. The van der Waals surface area contributed by atoms with Crippen LogP contribution in [0.5, 0.6) is 0 Å². The molecule has 1 heterocycles. The van der Waals surface area contributed by atoms with Gasteiger partial charge in [0, 0.05) is 24.3 Å². The Morgan fingerprint density at radius 2 is 2.18 bits per heavy atom. The maximum atomic E-state index is 10.2. The summed E-state index contributed by atoms with van der Waals surface area (Å²) < 4.78 is 6.60. The number of thiophene rings is 1. The van der Waals surface area contributed by atoms with E-state index in [2.05, 4.69) is 24.4 Å². The van der Waals surface area contributed by atoms with E-state index < -0.39 is 6.10 Å². The van der Waals surface area contributed by atoms with Crippen molar-refractivity contribution in [2.24, 2.45) is 0 Å². The molecule has 1 aromatic carbocycles. The fourth-order valence-electron chi connectivity index (χ4n) is 1.88. The molecule has 0 fully saturated rings. The standard InChI is InChI=1S/C14H18O2S/c1-2-8-16-9-6-13(15)12-5-3-4-11-7-10-17-14(11)12/h3-5,7,10,13,15H,2,6,8-9H2,1H3. The van der Waals surface area contributed by atoms with Crippen LogP contribution in [0.3, 0.4) is 0 Å². The minimum atomic E-state index is -0.422.